The van der Waals surface area contributed by atoms with Crippen molar-refractivity contribution in [3.8, 4) is 16.3 Å². The fourth-order valence-electron chi connectivity index (χ4n) is 1.57. The van der Waals surface area contributed by atoms with E-state index in [-0.39, 0.29) is 24.2 Å². The first-order chi connectivity index (χ1) is 9.63. The molecule has 0 spiro atoms. The van der Waals surface area contributed by atoms with E-state index < -0.39 is 0 Å². The van der Waals surface area contributed by atoms with E-state index in [9.17, 15) is 4.79 Å². The van der Waals surface area contributed by atoms with Crippen LogP contribution in [0.4, 0.5) is 5.00 Å². The van der Waals surface area contributed by atoms with Gasteiger partial charge in [-0.2, -0.15) is 0 Å². The van der Waals surface area contributed by atoms with E-state index in [4.69, 9.17) is 10.5 Å². The van der Waals surface area contributed by atoms with Crippen LogP contribution in [0, 0.1) is 5.92 Å². The van der Waals surface area contributed by atoms with E-state index in [1.807, 2.05) is 24.3 Å². The van der Waals surface area contributed by atoms with Crippen molar-refractivity contribution in [2.24, 2.45) is 11.7 Å². The molecule has 3 N–H and O–H groups in total. The lowest BCUT2D eigenvalue weighted by Gasteiger charge is -2.07. The number of aromatic nitrogens is 1. The van der Waals surface area contributed by atoms with Gasteiger partial charge in [0.25, 0.3) is 0 Å². The second-order valence-corrected chi connectivity index (χ2v) is 5.42. The van der Waals surface area contributed by atoms with Crippen LogP contribution >= 0.6 is 23.7 Å². The zero-order chi connectivity index (χ0) is 14.5. The highest BCUT2D eigenvalue weighted by Crippen LogP contribution is 2.30. The Morgan fingerprint density at radius 1 is 1.52 bits per heavy atom. The summed E-state index contributed by atoms with van der Waals surface area (Å²) >= 11 is 1.42. The number of hydrogen-bond donors (Lipinski definition) is 2. The summed E-state index contributed by atoms with van der Waals surface area (Å²) in [7, 11) is 1.63. The number of ether oxygens (including phenoxy) is 1. The Labute approximate surface area is 133 Å². The predicted octanol–water partition coefficient (Wildman–Crippen LogP) is 2.77. The van der Waals surface area contributed by atoms with Crippen LogP contribution in [0.15, 0.2) is 30.5 Å². The average Bonchev–Trinajstić information content (AvgIpc) is 2.94. The van der Waals surface area contributed by atoms with Crippen LogP contribution in [0.25, 0.3) is 10.6 Å². The van der Waals surface area contributed by atoms with Gasteiger partial charge in [-0.1, -0.05) is 30.4 Å². The predicted molar refractivity (Wildman–Crippen MR) is 88.2 cm³/mol. The van der Waals surface area contributed by atoms with Gasteiger partial charge in [-0.3, -0.25) is 4.79 Å². The number of anilines is 1. The summed E-state index contributed by atoms with van der Waals surface area (Å²) in [4.78, 5) is 16.1. The molecule has 1 aromatic carbocycles. The highest BCUT2D eigenvalue weighted by Gasteiger charge is 2.13. The molecule has 0 aliphatic rings. The first kappa shape index (κ1) is 17.4. The first-order valence-electron chi connectivity index (χ1n) is 6.25. The molecule has 1 heterocycles. The molecule has 0 fully saturated rings. The lowest BCUT2D eigenvalue weighted by Crippen LogP contribution is -2.26. The largest absolute Gasteiger partial charge is 0.497 e. The first-order valence-corrected chi connectivity index (χ1v) is 7.07. The molecule has 21 heavy (non-hydrogen) atoms. The lowest BCUT2D eigenvalue weighted by atomic mass is 10.2. The summed E-state index contributed by atoms with van der Waals surface area (Å²) in [6.07, 6.45) is 1.65. The molecule has 1 aromatic heterocycles. The molecule has 0 aliphatic carbocycles. The second-order valence-electron chi connectivity index (χ2n) is 4.39. The minimum Gasteiger partial charge on any atom is -0.497 e. The summed E-state index contributed by atoms with van der Waals surface area (Å²) in [5, 5.41) is 4.37. The van der Waals surface area contributed by atoms with E-state index in [1.54, 1.807) is 20.2 Å². The zero-order valence-corrected chi connectivity index (χ0v) is 13.5. The average molecular weight is 328 g/mol. The minimum atomic E-state index is -0.211. The monoisotopic (exact) mass is 327 g/mol. The fourth-order valence-corrected chi connectivity index (χ4v) is 2.39. The quantitative estimate of drug-likeness (QED) is 0.885. The number of hydrogen-bond acceptors (Lipinski definition) is 5. The number of thiazole rings is 1. The van der Waals surface area contributed by atoms with Crippen molar-refractivity contribution >= 4 is 34.7 Å². The van der Waals surface area contributed by atoms with E-state index in [2.05, 4.69) is 10.3 Å². The molecular weight excluding hydrogens is 310 g/mol. The summed E-state index contributed by atoms with van der Waals surface area (Å²) in [6.45, 7) is 2.12. The molecule has 114 valence electrons. The standard InChI is InChI=1S/C14H17N3O2S.ClH/c1-9(7-15)13(18)17-12-8-16-14(20-12)10-4-3-5-11(6-10)19-2;/h3-6,8-9H,7,15H2,1-2H3,(H,17,18);1H. The molecule has 2 rings (SSSR count). The maximum atomic E-state index is 11.8. The maximum absolute atomic E-state index is 11.8. The van der Waals surface area contributed by atoms with Crippen molar-refractivity contribution in [3.05, 3.63) is 30.5 Å². The number of rotatable bonds is 5. The SMILES string of the molecule is COc1cccc(-c2ncc(NC(=O)C(C)CN)s2)c1.Cl. The molecule has 1 amide bonds. The number of nitrogens with one attached hydrogen (secondary N) is 1. The molecule has 5 nitrogen and oxygen atoms in total. The van der Waals surface area contributed by atoms with Crippen LogP contribution in [0.1, 0.15) is 6.92 Å². The summed E-state index contributed by atoms with van der Waals surface area (Å²) in [5.74, 6) is 0.478. The van der Waals surface area contributed by atoms with Crippen LogP contribution in [0.5, 0.6) is 5.75 Å². The number of nitrogens with zero attached hydrogens (tertiary/aromatic N) is 1. The molecule has 7 heteroatoms. The van der Waals surface area contributed by atoms with Gasteiger partial charge in [0.05, 0.1) is 13.3 Å². The minimum absolute atomic E-state index is 0. The second kappa shape index (κ2) is 7.97. The van der Waals surface area contributed by atoms with Crippen molar-refractivity contribution in [3.63, 3.8) is 0 Å². The van der Waals surface area contributed by atoms with Gasteiger partial charge in [-0.15, -0.1) is 12.4 Å². The molecule has 1 atom stereocenters. The van der Waals surface area contributed by atoms with Gasteiger partial charge < -0.3 is 15.8 Å². The number of halogens is 1. The van der Waals surface area contributed by atoms with Crippen molar-refractivity contribution in [1.82, 2.24) is 4.98 Å². The van der Waals surface area contributed by atoms with Gasteiger partial charge >= 0.3 is 0 Å². The Bertz CT molecular complexity index is 603. The van der Waals surface area contributed by atoms with E-state index in [0.717, 1.165) is 16.3 Å². The highest BCUT2D eigenvalue weighted by atomic mass is 35.5. The number of benzene rings is 1. The molecule has 0 saturated heterocycles. The van der Waals surface area contributed by atoms with Crippen LogP contribution < -0.4 is 15.8 Å². The fraction of sp³-hybridized carbons (Fsp3) is 0.286. The Morgan fingerprint density at radius 2 is 2.29 bits per heavy atom. The summed E-state index contributed by atoms with van der Waals surface area (Å²) in [5.41, 5.74) is 6.43. The van der Waals surface area contributed by atoms with Gasteiger partial charge in [0, 0.05) is 18.0 Å². The van der Waals surface area contributed by atoms with Crippen molar-refractivity contribution < 1.29 is 9.53 Å². The van der Waals surface area contributed by atoms with E-state index in [1.165, 1.54) is 11.3 Å². The molecule has 0 aliphatic heterocycles. The number of nitrogens with two attached hydrogens (primary N) is 1. The molecule has 0 saturated carbocycles. The van der Waals surface area contributed by atoms with Gasteiger partial charge in [0.1, 0.15) is 15.8 Å². The van der Waals surface area contributed by atoms with Crippen LogP contribution in [0.2, 0.25) is 0 Å². The number of methoxy groups -OCH3 is 1. The van der Waals surface area contributed by atoms with Gasteiger partial charge in [-0.25, -0.2) is 4.98 Å². The zero-order valence-electron chi connectivity index (χ0n) is 11.8. The molecule has 1 unspecified atom stereocenters. The Hall–Kier alpha value is -1.63. The molecular formula is C14H18ClN3O2S. The smallest absolute Gasteiger partial charge is 0.229 e. The molecule has 0 bridgehead atoms. The number of amides is 1. The number of carbonyl (C=O) groups excluding carboxylic acids is 1. The van der Waals surface area contributed by atoms with E-state index >= 15 is 0 Å². The third kappa shape index (κ3) is 4.42. The number of carbonyl (C=O) groups is 1. The van der Waals surface area contributed by atoms with E-state index in [0.29, 0.717) is 11.5 Å². The summed E-state index contributed by atoms with van der Waals surface area (Å²) in [6, 6.07) is 7.65. The van der Waals surface area contributed by atoms with Gasteiger partial charge in [0.15, 0.2) is 0 Å². The van der Waals surface area contributed by atoms with Crippen LogP contribution in [-0.2, 0) is 4.79 Å². The van der Waals surface area contributed by atoms with Crippen molar-refractivity contribution in [2.75, 3.05) is 19.0 Å². The Kier molecular flexibility index (Phi) is 6.61. The normalized spacial score (nSPS) is 11.4. The molecule has 0 radical (unpaired) electrons. The van der Waals surface area contributed by atoms with Gasteiger partial charge in [0.2, 0.25) is 5.91 Å². The summed E-state index contributed by atoms with van der Waals surface area (Å²) < 4.78 is 5.19. The Morgan fingerprint density at radius 3 is 2.95 bits per heavy atom. The third-order valence-corrected chi connectivity index (χ3v) is 3.83. The topological polar surface area (TPSA) is 77.2 Å². The van der Waals surface area contributed by atoms with Crippen LogP contribution in [0.3, 0.4) is 0 Å². The van der Waals surface area contributed by atoms with Crippen molar-refractivity contribution in [1.29, 1.82) is 0 Å². The molecule has 2 aromatic rings. The van der Waals surface area contributed by atoms with Crippen LogP contribution in [-0.4, -0.2) is 24.5 Å². The van der Waals surface area contributed by atoms with Gasteiger partial charge in [-0.05, 0) is 12.1 Å². The lowest BCUT2D eigenvalue weighted by molar-refractivity contribution is -0.119. The maximum Gasteiger partial charge on any atom is 0.229 e. The third-order valence-electron chi connectivity index (χ3n) is 2.87. The Balaban J connectivity index is 0.00000220. The highest BCUT2D eigenvalue weighted by molar-refractivity contribution is 7.19. The van der Waals surface area contributed by atoms with Crippen molar-refractivity contribution in [2.45, 2.75) is 6.92 Å².